The molecule has 1 N–H and O–H groups in total. The van der Waals surface area contributed by atoms with Crippen molar-refractivity contribution in [2.75, 3.05) is 56.2 Å². The number of ketones is 1. The molecular weight excluding hydrogens is 495 g/mol. The lowest BCUT2D eigenvalue weighted by molar-refractivity contribution is -0.126. The first-order chi connectivity index (χ1) is 18.2. The van der Waals surface area contributed by atoms with E-state index in [1.807, 2.05) is 4.90 Å². The molecule has 1 atom stereocenters. The molecule has 10 nitrogen and oxygen atoms in total. The van der Waals surface area contributed by atoms with Crippen molar-refractivity contribution >= 4 is 35.1 Å². The van der Waals surface area contributed by atoms with E-state index in [2.05, 4.69) is 5.32 Å². The number of nitrogens with zero attached hydrogens (tertiary/aromatic N) is 3. The van der Waals surface area contributed by atoms with E-state index >= 15 is 4.39 Å². The fraction of sp³-hybridized carbons (Fsp3) is 0.333. The summed E-state index contributed by atoms with van der Waals surface area (Å²) in [6.45, 7) is 3.31. The quantitative estimate of drug-likeness (QED) is 0.417. The summed E-state index contributed by atoms with van der Waals surface area (Å²) in [6, 6.07) is 11.1. The van der Waals surface area contributed by atoms with Crippen LogP contribution < -0.4 is 19.9 Å². The van der Waals surface area contributed by atoms with Crippen LogP contribution in [0.15, 0.2) is 54.6 Å². The molecular formula is C27H29FN4O6. The van der Waals surface area contributed by atoms with Crippen LogP contribution in [0.1, 0.15) is 17.3 Å². The summed E-state index contributed by atoms with van der Waals surface area (Å²) >= 11 is 0. The Hall–Kier alpha value is -4.41. The minimum Gasteiger partial charge on any atom is -0.497 e. The number of rotatable bonds is 8. The monoisotopic (exact) mass is 524 g/mol. The number of piperazine rings is 1. The number of hydrogen-bond donors (Lipinski definition) is 1. The van der Waals surface area contributed by atoms with Gasteiger partial charge in [-0.1, -0.05) is 0 Å². The molecule has 0 unspecified atom stereocenters. The topological polar surface area (TPSA) is 108 Å². The molecule has 0 spiro atoms. The van der Waals surface area contributed by atoms with Crippen molar-refractivity contribution in [1.29, 1.82) is 0 Å². The van der Waals surface area contributed by atoms with Gasteiger partial charge < -0.3 is 24.6 Å². The Kier molecular flexibility index (Phi) is 8.25. The number of cyclic esters (lactones) is 1. The second-order valence-corrected chi connectivity index (χ2v) is 8.93. The molecule has 0 bridgehead atoms. The first-order valence-electron chi connectivity index (χ1n) is 12.2. The number of halogens is 1. The summed E-state index contributed by atoms with van der Waals surface area (Å²) in [7, 11) is 1.54. The smallest absolute Gasteiger partial charge is 0.414 e. The van der Waals surface area contributed by atoms with Gasteiger partial charge in [0.15, 0.2) is 5.78 Å². The second kappa shape index (κ2) is 11.8. The van der Waals surface area contributed by atoms with E-state index in [-0.39, 0.29) is 30.7 Å². The van der Waals surface area contributed by atoms with Gasteiger partial charge in [-0.2, -0.15) is 0 Å². The molecule has 38 heavy (non-hydrogen) atoms. The summed E-state index contributed by atoms with van der Waals surface area (Å²) in [6.07, 6.45) is 1.39. The molecule has 11 heteroatoms. The van der Waals surface area contributed by atoms with Crippen molar-refractivity contribution < 1.29 is 33.0 Å². The van der Waals surface area contributed by atoms with Crippen LogP contribution in [0.25, 0.3) is 0 Å². The maximum absolute atomic E-state index is 15.0. The number of allylic oxidation sites excluding steroid dienone is 1. The van der Waals surface area contributed by atoms with E-state index in [4.69, 9.17) is 9.47 Å². The predicted octanol–water partition coefficient (Wildman–Crippen LogP) is 2.38. The lowest BCUT2D eigenvalue weighted by Crippen LogP contribution is -2.48. The van der Waals surface area contributed by atoms with E-state index in [0.29, 0.717) is 48.9 Å². The Balaban J connectivity index is 1.31. The number of carbonyl (C=O) groups is 4. The van der Waals surface area contributed by atoms with Crippen LogP contribution in [0.5, 0.6) is 5.75 Å². The summed E-state index contributed by atoms with van der Waals surface area (Å²) in [5, 5.41) is 2.60. The number of anilines is 2. The molecule has 2 aromatic carbocycles. The maximum atomic E-state index is 15.0. The summed E-state index contributed by atoms with van der Waals surface area (Å²) in [5.41, 5.74) is 1.18. The van der Waals surface area contributed by atoms with Crippen LogP contribution in [0.2, 0.25) is 0 Å². The van der Waals surface area contributed by atoms with Gasteiger partial charge in [-0.3, -0.25) is 19.3 Å². The summed E-state index contributed by atoms with van der Waals surface area (Å²) < 4.78 is 25.3. The first kappa shape index (κ1) is 26.6. The van der Waals surface area contributed by atoms with E-state index < -0.39 is 18.0 Å². The van der Waals surface area contributed by atoms with Crippen LogP contribution in [-0.4, -0.2) is 81.1 Å². The zero-order valence-electron chi connectivity index (χ0n) is 21.2. The highest BCUT2D eigenvalue weighted by Crippen LogP contribution is 2.28. The van der Waals surface area contributed by atoms with Gasteiger partial charge in [-0.25, -0.2) is 9.18 Å². The number of benzene rings is 2. The van der Waals surface area contributed by atoms with Crippen molar-refractivity contribution in [2.24, 2.45) is 0 Å². The molecule has 2 heterocycles. The Morgan fingerprint density at radius 2 is 1.79 bits per heavy atom. The third kappa shape index (κ3) is 6.28. The first-order valence-corrected chi connectivity index (χ1v) is 12.2. The molecule has 0 aromatic heterocycles. The fourth-order valence-corrected chi connectivity index (χ4v) is 4.29. The van der Waals surface area contributed by atoms with Crippen LogP contribution in [0.3, 0.4) is 0 Å². The standard InChI is InChI=1S/C27H29FN4O6/c1-18(33)29-16-22-17-32(27(36)38-22)20-5-8-24(23(28)15-20)30-11-13-31(14-12-30)26(35)10-9-25(34)19-3-6-21(37-2)7-4-19/h3-10,15,22H,11-14,16-17H2,1-2H3,(H,29,33)/b10-9+/t22-/m0/s1. The van der Waals surface area contributed by atoms with E-state index in [1.165, 1.54) is 37.2 Å². The third-order valence-electron chi connectivity index (χ3n) is 6.38. The van der Waals surface area contributed by atoms with E-state index in [0.717, 1.165) is 0 Å². The summed E-state index contributed by atoms with van der Waals surface area (Å²) in [4.78, 5) is 53.0. The molecule has 3 amide bonds. The number of nitrogens with one attached hydrogen (secondary N) is 1. The van der Waals surface area contributed by atoms with Crippen molar-refractivity contribution in [3.63, 3.8) is 0 Å². The Bertz CT molecular complexity index is 1240. The normalized spacial score (nSPS) is 17.5. The lowest BCUT2D eigenvalue weighted by Gasteiger charge is -2.36. The Labute approximate surface area is 219 Å². The van der Waals surface area contributed by atoms with E-state index in [9.17, 15) is 19.2 Å². The van der Waals surface area contributed by atoms with Gasteiger partial charge in [0.25, 0.3) is 0 Å². The number of methoxy groups -OCH3 is 1. The van der Waals surface area contributed by atoms with Gasteiger partial charge >= 0.3 is 6.09 Å². The molecule has 2 aromatic rings. The fourth-order valence-electron chi connectivity index (χ4n) is 4.29. The molecule has 0 aliphatic carbocycles. The number of carbonyl (C=O) groups excluding carboxylic acids is 4. The lowest BCUT2D eigenvalue weighted by atomic mass is 10.1. The number of ether oxygens (including phenoxy) is 2. The van der Waals surface area contributed by atoms with Crippen LogP contribution in [0, 0.1) is 5.82 Å². The van der Waals surface area contributed by atoms with Crippen LogP contribution >= 0.6 is 0 Å². The zero-order chi connectivity index (χ0) is 27.2. The van der Waals surface area contributed by atoms with Crippen molar-refractivity contribution in [3.8, 4) is 5.75 Å². The highest BCUT2D eigenvalue weighted by atomic mass is 19.1. The largest absolute Gasteiger partial charge is 0.497 e. The molecule has 2 saturated heterocycles. The molecule has 4 rings (SSSR count). The van der Waals surface area contributed by atoms with Gasteiger partial charge in [0.05, 0.1) is 31.6 Å². The van der Waals surface area contributed by atoms with Gasteiger partial charge in [0, 0.05) is 44.7 Å². The zero-order valence-corrected chi connectivity index (χ0v) is 21.2. The van der Waals surface area contributed by atoms with E-state index in [1.54, 1.807) is 41.3 Å². The number of hydrogen-bond acceptors (Lipinski definition) is 7. The second-order valence-electron chi connectivity index (χ2n) is 8.93. The molecule has 0 saturated carbocycles. The number of amides is 3. The van der Waals surface area contributed by atoms with Gasteiger partial charge in [0.1, 0.15) is 17.7 Å². The van der Waals surface area contributed by atoms with Gasteiger partial charge in [-0.05, 0) is 48.5 Å². The average Bonchev–Trinajstić information content (AvgIpc) is 3.30. The predicted molar refractivity (Wildman–Crippen MR) is 138 cm³/mol. The van der Waals surface area contributed by atoms with Crippen molar-refractivity contribution in [2.45, 2.75) is 13.0 Å². The molecule has 2 fully saturated rings. The van der Waals surface area contributed by atoms with Crippen molar-refractivity contribution in [3.05, 3.63) is 66.0 Å². The Morgan fingerprint density at radius 1 is 1.08 bits per heavy atom. The highest BCUT2D eigenvalue weighted by Gasteiger charge is 2.33. The third-order valence-corrected chi connectivity index (χ3v) is 6.38. The average molecular weight is 525 g/mol. The Morgan fingerprint density at radius 3 is 2.42 bits per heavy atom. The minimum atomic E-state index is -0.599. The van der Waals surface area contributed by atoms with Crippen molar-refractivity contribution in [1.82, 2.24) is 10.2 Å². The summed E-state index contributed by atoms with van der Waals surface area (Å²) in [5.74, 6) is -0.662. The SMILES string of the molecule is COc1ccc(C(=O)/C=C/C(=O)N2CCN(c3ccc(N4C[C@H](CNC(C)=O)OC4=O)cc3F)CC2)cc1. The molecule has 200 valence electrons. The van der Waals surface area contributed by atoms with Crippen LogP contribution in [-0.2, 0) is 14.3 Å². The molecule has 2 aliphatic rings. The molecule has 2 aliphatic heterocycles. The highest BCUT2D eigenvalue weighted by molar-refractivity contribution is 6.07. The van der Waals surface area contributed by atoms with Gasteiger partial charge in [0.2, 0.25) is 11.8 Å². The minimum absolute atomic E-state index is 0.186. The van der Waals surface area contributed by atoms with Gasteiger partial charge in [-0.15, -0.1) is 0 Å². The molecule has 0 radical (unpaired) electrons. The maximum Gasteiger partial charge on any atom is 0.414 e. The van der Waals surface area contributed by atoms with Crippen LogP contribution in [0.4, 0.5) is 20.6 Å².